The molecule has 1 amide bonds. The molecule has 25 heavy (non-hydrogen) atoms. The summed E-state index contributed by atoms with van der Waals surface area (Å²) in [4.78, 5) is 19.1. The highest BCUT2D eigenvalue weighted by Crippen LogP contribution is 2.33. The summed E-state index contributed by atoms with van der Waals surface area (Å²) in [6.45, 7) is 3.43. The van der Waals surface area contributed by atoms with Gasteiger partial charge < -0.3 is 18.8 Å². The normalized spacial score (nSPS) is 25.8. The van der Waals surface area contributed by atoms with Gasteiger partial charge in [-0.15, -0.1) is 0 Å². The fourth-order valence-corrected chi connectivity index (χ4v) is 3.78. The number of aromatic nitrogens is 1. The van der Waals surface area contributed by atoms with Crippen LogP contribution in [0.5, 0.6) is 0 Å². The van der Waals surface area contributed by atoms with E-state index in [0.717, 1.165) is 18.5 Å². The van der Waals surface area contributed by atoms with E-state index in [9.17, 15) is 4.79 Å². The summed E-state index contributed by atoms with van der Waals surface area (Å²) >= 11 is 0. The van der Waals surface area contributed by atoms with Gasteiger partial charge in [0.2, 0.25) is 0 Å². The molecule has 3 atom stereocenters. The van der Waals surface area contributed by atoms with Crippen LogP contribution in [0.2, 0.25) is 0 Å². The molecule has 0 bridgehead atoms. The number of pyridine rings is 1. The molecule has 1 aliphatic carbocycles. The van der Waals surface area contributed by atoms with Crippen molar-refractivity contribution in [1.29, 1.82) is 0 Å². The molecule has 0 aromatic carbocycles. The molecule has 6 heteroatoms. The maximum Gasteiger partial charge on any atom is 0.257 e. The molecule has 2 aromatic heterocycles. The van der Waals surface area contributed by atoms with Gasteiger partial charge in [0.1, 0.15) is 11.9 Å². The van der Waals surface area contributed by atoms with Gasteiger partial charge in [0.15, 0.2) is 0 Å². The van der Waals surface area contributed by atoms with Crippen molar-refractivity contribution in [3.05, 3.63) is 53.7 Å². The standard InChI is InChI=1S/C19H22N2O4/c1-13-15(7-10-23-13)19(22)21-9-11-24-18-16(21)5-6-17(18)25-12-14-4-2-3-8-20-14/h2-4,7-8,10,16-18H,5-6,9,11-12H2,1H3/t16-,17-,18+/m0/s1. The molecule has 2 aromatic rings. The second-order valence-electron chi connectivity index (χ2n) is 6.54. The number of aryl methyl sites for hydroxylation is 1. The van der Waals surface area contributed by atoms with Gasteiger partial charge in [-0.1, -0.05) is 6.07 Å². The lowest BCUT2D eigenvalue weighted by Crippen LogP contribution is -2.53. The van der Waals surface area contributed by atoms with Crippen LogP contribution >= 0.6 is 0 Å². The predicted molar refractivity (Wildman–Crippen MR) is 90.1 cm³/mol. The topological polar surface area (TPSA) is 64.8 Å². The van der Waals surface area contributed by atoms with E-state index in [4.69, 9.17) is 13.9 Å². The van der Waals surface area contributed by atoms with E-state index in [-0.39, 0.29) is 24.2 Å². The number of rotatable bonds is 4. The molecule has 6 nitrogen and oxygen atoms in total. The van der Waals surface area contributed by atoms with Crippen LogP contribution < -0.4 is 0 Å². The van der Waals surface area contributed by atoms with Gasteiger partial charge in [0, 0.05) is 12.7 Å². The number of ether oxygens (including phenoxy) is 2. The third kappa shape index (κ3) is 3.19. The Morgan fingerprint density at radius 3 is 3.04 bits per heavy atom. The Bertz CT molecular complexity index is 730. The van der Waals surface area contributed by atoms with Crippen LogP contribution in [0.15, 0.2) is 41.1 Å². The molecule has 3 heterocycles. The number of furan rings is 1. The van der Waals surface area contributed by atoms with Crippen LogP contribution in [0.25, 0.3) is 0 Å². The van der Waals surface area contributed by atoms with Crippen molar-refractivity contribution >= 4 is 5.91 Å². The zero-order valence-electron chi connectivity index (χ0n) is 14.3. The second kappa shape index (κ2) is 6.98. The zero-order valence-corrected chi connectivity index (χ0v) is 14.3. The zero-order chi connectivity index (χ0) is 17.2. The number of fused-ring (bicyclic) bond motifs is 1. The SMILES string of the molecule is Cc1occc1C(=O)N1CCO[C@H]2[C@@H](OCc3ccccn3)CC[C@@H]21. The van der Waals surface area contributed by atoms with E-state index in [0.29, 0.717) is 31.1 Å². The largest absolute Gasteiger partial charge is 0.469 e. The first-order valence-corrected chi connectivity index (χ1v) is 8.72. The number of hydrogen-bond donors (Lipinski definition) is 0. The molecular weight excluding hydrogens is 320 g/mol. The summed E-state index contributed by atoms with van der Waals surface area (Å²) in [5.74, 6) is 0.684. The van der Waals surface area contributed by atoms with Crippen LogP contribution in [0.1, 0.15) is 34.7 Å². The van der Waals surface area contributed by atoms with E-state index >= 15 is 0 Å². The fourth-order valence-electron chi connectivity index (χ4n) is 3.78. The highest BCUT2D eigenvalue weighted by molar-refractivity contribution is 5.95. The highest BCUT2D eigenvalue weighted by Gasteiger charge is 2.45. The minimum Gasteiger partial charge on any atom is -0.469 e. The van der Waals surface area contributed by atoms with Gasteiger partial charge in [-0.05, 0) is 38.0 Å². The van der Waals surface area contributed by atoms with Crippen molar-refractivity contribution < 1.29 is 18.7 Å². The molecular formula is C19H22N2O4. The van der Waals surface area contributed by atoms with Crippen LogP contribution in [0, 0.1) is 6.92 Å². The molecule has 4 rings (SSSR count). The number of nitrogens with zero attached hydrogens (tertiary/aromatic N) is 2. The Hall–Kier alpha value is -2.18. The Morgan fingerprint density at radius 2 is 2.28 bits per heavy atom. The van der Waals surface area contributed by atoms with Crippen LogP contribution in [0.4, 0.5) is 0 Å². The van der Waals surface area contributed by atoms with E-state index in [1.165, 1.54) is 0 Å². The monoisotopic (exact) mass is 342 g/mol. The van der Waals surface area contributed by atoms with Crippen molar-refractivity contribution in [3.63, 3.8) is 0 Å². The van der Waals surface area contributed by atoms with E-state index < -0.39 is 0 Å². The van der Waals surface area contributed by atoms with Gasteiger partial charge >= 0.3 is 0 Å². The molecule has 2 fully saturated rings. The molecule has 0 unspecified atom stereocenters. The molecule has 1 aliphatic heterocycles. The number of amides is 1. The lowest BCUT2D eigenvalue weighted by atomic mass is 10.1. The molecule has 0 spiro atoms. The van der Waals surface area contributed by atoms with Gasteiger partial charge in [-0.2, -0.15) is 0 Å². The van der Waals surface area contributed by atoms with Crippen LogP contribution in [-0.4, -0.2) is 47.2 Å². The van der Waals surface area contributed by atoms with E-state index in [1.807, 2.05) is 30.0 Å². The molecule has 132 valence electrons. The highest BCUT2D eigenvalue weighted by atomic mass is 16.5. The van der Waals surface area contributed by atoms with Crippen LogP contribution in [-0.2, 0) is 16.1 Å². The van der Waals surface area contributed by atoms with Gasteiger partial charge in [-0.25, -0.2) is 0 Å². The Morgan fingerprint density at radius 1 is 1.36 bits per heavy atom. The van der Waals surface area contributed by atoms with Gasteiger partial charge in [-0.3, -0.25) is 9.78 Å². The number of morpholine rings is 1. The van der Waals surface area contributed by atoms with E-state index in [1.54, 1.807) is 18.5 Å². The summed E-state index contributed by atoms with van der Waals surface area (Å²) in [6, 6.07) is 7.59. The maximum atomic E-state index is 12.9. The lowest BCUT2D eigenvalue weighted by molar-refractivity contribution is -0.109. The molecule has 2 aliphatic rings. The van der Waals surface area contributed by atoms with Crippen molar-refractivity contribution in [3.8, 4) is 0 Å². The number of carbonyl (C=O) groups is 1. The van der Waals surface area contributed by atoms with Crippen molar-refractivity contribution in [1.82, 2.24) is 9.88 Å². The summed E-state index contributed by atoms with van der Waals surface area (Å²) in [5.41, 5.74) is 1.54. The molecule has 0 N–H and O–H groups in total. The van der Waals surface area contributed by atoms with Crippen molar-refractivity contribution in [2.24, 2.45) is 0 Å². The fraction of sp³-hybridized carbons (Fsp3) is 0.474. The smallest absolute Gasteiger partial charge is 0.257 e. The first kappa shape index (κ1) is 16.3. The number of hydrogen-bond acceptors (Lipinski definition) is 5. The average molecular weight is 342 g/mol. The first-order chi connectivity index (χ1) is 12.2. The minimum absolute atomic E-state index is 0.00643. The van der Waals surface area contributed by atoms with E-state index in [2.05, 4.69) is 4.98 Å². The van der Waals surface area contributed by atoms with Gasteiger partial charge in [0.25, 0.3) is 5.91 Å². The molecule has 1 saturated heterocycles. The molecule has 0 radical (unpaired) electrons. The lowest BCUT2D eigenvalue weighted by Gasteiger charge is -2.39. The minimum atomic E-state index is -0.0754. The maximum absolute atomic E-state index is 12.9. The Kier molecular flexibility index (Phi) is 4.55. The summed E-state index contributed by atoms with van der Waals surface area (Å²) in [5, 5.41) is 0. The third-order valence-corrected chi connectivity index (χ3v) is 5.06. The van der Waals surface area contributed by atoms with Crippen molar-refractivity contribution in [2.75, 3.05) is 13.2 Å². The summed E-state index contributed by atoms with van der Waals surface area (Å²) < 4.78 is 17.3. The van der Waals surface area contributed by atoms with Crippen LogP contribution in [0.3, 0.4) is 0 Å². The summed E-state index contributed by atoms with van der Waals surface area (Å²) in [6.07, 6.45) is 5.02. The Balaban J connectivity index is 1.43. The molecule has 1 saturated carbocycles. The quantitative estimate of drug-likeness (QED) is 0.854. The van der Waals surface area contributed by atoms with Crippen molar-refractivity contribution in [2.45, 2.75) is 44.6 Å². The second-order valence-corrected chi connectivity index (χ2v) is 6.54. The Labute approximate surface area is 146 Å². The average Bonchev–Trinajstić information content (AvgIpc) is 3.26. The first-order valence-electron chi connectivity index (χ1n) is 8.72. The predicted octanol–water partition coefficient (Wildman–Crippen LogP) is 2.57. The number of carbonyl (C=O) groups excluding carboxylic acids is 1. The summed E-state index contributed by atoms with van der Waals surface area (Å²) in [7, 11) is 0. The van der Waals surface area contributed by atoms with Gasteiger partial charge in [0.05, 0.1) is 42.9 Å². The third-order valence-electron chi connectivity index (χ3n) is 5.06.